The van der Waals surface area contributed by atoms with Gasteiger partial charge in [0.05, 0.1) is 0 Å². The molecule has 0 saturated carbocycles. The minimum atomic E-state index is 0.0657. The molecule has 1 saturated heterocycles. The van der Waals surface area contributed by atoms with E-state index in [0.717, 1.165) is 25.1 Å². The maximum atomic E-state index is 12.5. The van der Waals surface area contributed by atoms with Gasteiger partial charge in [0.15, 0.2) is 0 Å². The van der Waals surface area contributed by atoms with Crippen LogP contribution >= 0.6 is 11.6 Å². The smallest absolute Gasteiger partial charge is 0.253 e. The molecule has 0 bridgehead atoms. The number of rotatable bonds is 2. The van der Waals surface area contributed by atoms with Gasteiger partial charge >= 0.3 is 0 Å². The normalized spacial score (nSPS) is 23.5. The average Bonchev–Trinajstić information content (AvgIpc) is 2.37. The van der Waals surface area contributed by atoms with E-state index < -0.39 is 0 Å². The lowest BCUT2D eigenvalue weighted by Crippen LogP contribution is -2.45. The Kier molecular flexibility index (Phi) is 4.48. The van der Waals surface area contributed by atoms with E-state index in [2.05, 4.69) is 6.92 Å². The molecule has 2 N–H and O–H groups in total. The topological polar surface area (TPSA) is 46.3 Å². The second-order valence-corrected chi connectivity index (χ2v) is 5.97. The standard InChI is InChI=1S/C15H21ClN2O/c1-10-5-12(7-14(16)6-10)15(19)18-4-3-11(2)13(8-17)9-18/h5-7,11,13H,3-4,8-9,17H2,1-2H3. The lowest BCUT2D eigenvalue weighted by Gasteiger charge is -2.36. The SMILES string of the molecule is Cc1cc(Cl)cc(C(=O)N2CCC(C)C(CN)C2)c1. The van der Waals surface area contributed by atoms with Crippen LogP contribution in [0.3, 0.4) is 0 Å². The number of nitrogens with two attached hydrogens (primary N) is 1. The third-order valence-electron chi connectivity index (χ3n) is 3.99. The minimum Gasteiger partial charge on any atom is -0.338 e. The van der Waals surface area contributed by atoms with Crippen molar-refractivity contribution in [2.45, 2.75) is 20.3 Å². The fourth-order valence-corrected chi connectivity index (χ4v) is 2.97. The molecule has 0 aliphatic carbocycles. The van der Waals surface area contributed by atoms with Gasteiger partial charge < -0.3 is 10.6 Å². The molecule has 1 aromatic rings. The van der Waals surface area contributed by atoms with Gasteiger partial charge in [-0.3, -0.25) is 4.79 Å². The van der Waals surface area contributed by atoms with Crippen molar-refractivity contribution >= 4 is 17.5 Å². The number of likely N-dealkylation sites (tertiary alicyclic amines) is 1. The number of hydrogen-bond donors (Lipinski definition) is 1. The molecule has 2 rings (SSSR count). The van der Waals surface area contributed by atoms with E-state index in [-0.39, 0.29) is 5.91 Å². The molecule has 1 heterocycles. The lowest BCUT2D eigenvalue weighted by molar-refractivity contribution is 0.0618. The molecule has 1 aromatic carbocycles. The van der Waals surface area contributed by atoms with Gasteiger partial charge in [-0.25, -0.2) is 0 Å². The Morgan fingerprint density at radius 1 is 1.47 bits per heavy atom. The number of aryl methyl sites for hydroxylation is 1. The van der Waals surface area contributed by atoms with Crippen molar-refractivity contribution in [1.29, 1.82) is 0 Å². The monoisotopic (exact) mass is 280 g/mol. The minimum absolute atomic E-state index is 0.0657. The summed E-state index contributed by atoms with van der Waals surface area (Å²) >= 11 is 6.02. The Morgan fingerprint density at radius 2 is 2.21 bits per heavy atom. The van der Waals surface area contributed by atoms with E-state index in [1.165, 1.54) is 0 Å². The average molecular weight is 281 g/mol. The zero-order valence-electron chi connectivity index (χ0n) is 11.5. The molecule has 2 unspecified atom stereocenters. The zero-order valence-corrected chi connectivity index (χ0v) is 12.3. The number of amides is 1. The van der Waals surface area contributed by atoms with Crippen molar-refractivity contribution in [3.63, 3.8) is 0 Å². The van der Waals surface area contributed by atoms with E-state index in [1.807, 2.05) is 24.0 Å². The summed E-state index contributed by atoms with van der Waals surface area (Å²) in [7, 11) is 0. The summed E-state index contributed by atoms with van der Waals surface area (Å²) in [6.07, 6.45) is 1.02. The number of benzene rings is 1. The summed E-state index contributed by atoms with van der Waals surface area (Å²) in [5.74, 6) is 1.06. The lowest BCUT2D eigenvalue weighted by atomic mass is 9.87. The van der Waals surface area contributed by atoms with Crippen LogP contribution in [0.15, 0.2) is 18.2 Å². The maximum Gasteiger partial charge on any atom is 0.253 e. The van der Waals surface area contributed by atoms with Crippen molar-refractivity contribution < 1.29 is 4.79 Å². The molecule has 0 radical (unpaired) electrons. The van der Waals surface area contributed by atoms with E-state index >= 15 is 0 Å². The van der Waals surface area contributed by atoms with E-state index in [9.17, 15) is 4.79 Å². The first kappa shape index (κ1) is 14.4. The molecule has 19 heavy (non-hydrogen) atoms. The van der Waals surface area contributed by atoms with Gasteiger partial charge in [0.25, 0.3) is 5.91 Å². The van der Waals surface area contributed by atoms with Crippen LogP contribution in [0.25, 0.3) is 0 Å². The van der Waals surface area contributed by atoms with Crippen LogP contribution in [0.2, 0.25) is 5.02 Å². The summed E-state index contributed by atoms with van der Waals surface area (Å²) in [5, 5.41) is 0.615. The van der Waals surface area contributed by atoms with Crippen LogP contribution in [0.1, 0.15) is 29.3 Å². The quantitative estimate of drug-likeness (QED) is 0.905. The number of carbonyl (C=O) groups excluding carboxylic acids is 1. The Bertz CT molecular complexity index is 455. The summed E-state index contributed by atoms with van der Waals surface area (Å²) in [5.41, 5.74) is 7.47. The molecule has 4 heteroatoms. The number of carbonyl (C=O) groups is 1. The highest BCUT2D eigenvalue weighted by atomic mass is 35.5. The molecule has 2 atom stereocenters. The molecule has 1 aliphatic heterocycles. The first-order valence-corrected chi connectivity index (χ1v) is 7.15. The fourth-order valence-electron chi connectivity index (χ4n) is 2.68. The molecule has 104 valence electrons. The second-order valence-electron chi connectivity index (χ2n) is 5.53. The second kappa shape index (κ2) is 5.93. The highest BCUT2D eigenvalue weighted by Crippen LogP contribution is 2.24. The van der Waals surface area contributed by atoms with E-state index in [0.29, 0.717) is 29.0 Å². The van der Waals surface area contributed by atoms with Crippen LogP contribution in [0, 0.1) is 18.8 Å². The van der Waals surface area contributed by atoms with E-state index in [1.54, 1.807) is 6.07 Å². The first-order chi connectivity index (χ1) is 9.01. The molecule has 0 spiro atoms. The Balaban J connectivity index is 2.15. The Morgan fingerprint density at radius 3 is 2.84 bits per heavy atom. The number of piperidine rings is 1. The van der Waals surface area contributed by atoms with Gasteiger partial charge in [-0.2, -0.15) is 0 Å². The molecular weight excluding hydrogens is 260 g/mol. The van der Waals surface area contributed by atoms with Gasteiger partial charge in [-0.15, -0.1) is 0 Å². The number of halogens is 1. The summed E-state index contributed by atoms with van der Waals surface area (Å²) in [4.78, 5) is 14.4. The largest absolute Gasteiger partial charge is 0.338 e. The van der Waals surface area contributed by atoms with Crippen LogP contribution in [0.4, 0.5) is 0 Å². The van der Waals surface area contributed by atoms with Gasteiger partial charge in [0.1, 0.15) is 0 Å². The summed E-state index contributed by atoms with van der Waals surface area (Å²) in [6.45, 7) is 6.36. The van der Waals surface area contributed by atoms with Gasteiger partial charge in [-0.05, 0) is 55.5 Å². The van der Waals surface area contributed by atoms with Gasteiger partial charge in [-0.1, -0.05) is 18.5 Å². The van der Waals surface area contributed by atoms with Crippen molar-refractivity contribution in [2.75, 3.05) is 19.6 Å². The summed E-state index contributed by atoms with van der Waals surface area (Å²) < 4.78 is 0. The molecule has 0 aromatic heterocycles. The van der Waals surface area contributed by atoms with E-state index in [4.69, 9.17) is 17.3 Å². The summed E-state index contributed by atoms with van der Waals surface area (Å²) in [6, 6.07) is 5.50. The first-order valence-electron chi connectivity index (χ1n) is 6.77. The van der Waals surface area contributed by atoms with Crippen molar-refractivity contribution in [2.24, 2.45) is 17.6 Å². The van der Waals surface area contributed by atoms with Crippen LogP contribution < -0.4 is 5.73 Å². The van der Waals surface area contributed by atoms with Crippen LogP contribution in [-0.2, 0) is 0 Å². The third-order valence-corrected chi connectivity index (χ3v) is 4.21. The van der Waals surface area contributed by atoms with Gasteiger partial charge in [0, 0.05) is 23.7 Å². The predicted molar refractivity (Wildman–Crippen MR) is 78.4 cm³/mol. The Labute approximate surface area is 119 Å². The number of hydrogen-bond acceptors (Lipinski definition) is 2. The van der Waals surface area contributed by atoms with Crippen LogP contribution in [0.5, 0.6) is 0 Å². The fraction of sp³-hybridized carbons (Fsp3) is 0.533. The molecule has 1 aliphatic rings. The van der Waals surface area contributed by atoms with Crippen LogP contribution in [-0.4, -0.2) is 30.4 Å². The van der Waals surface area contributed by atoms with Crippen molar-refractivity contribution in [1.82, 2.24) is 4.90 Å². The van der Waals surface area contributed by atoms with Crippen molar-refractivity contribution in [3.8, 4) is 0 Å². The van der Waals surface area contributed by atoms with Crippen molar-refractivity contribution in [3.05, 3.63) is 34.3 Å². The molecule has 1 fully saturated rings. The zero-order chi connectivity index (χ0) is 14.0. The Hall–Kier alpha value is -1.06. The molecular formula is C15H21ClN2O. The molecule has 3 nitrogen and oxygen atoms in total. The molecule has 1 amide bonds. The highest BCUT2D eigenvalue weighted by molar-refractivity contribution is 6.31. The number of nitrogens with zero attached hydrogens (tertiary/aromatic N) is 1. The highest BCUT2D eigenvalue weighted by Gasteiger charge is 2.28. The van der Waals surface area contributed by atoms with Gasteiger partial charge in [0.2, 0.25) is 0 Å². The third kappa shape index (κ3) is 3.28. The maximum absolute atomic E-state index is 12.5. The predicted octanol–water partition coefficient (Wildman–Crippen LogP) is 2.71.